The third kappa shape index (κ3) is 6.44. The third-order valence-corrected chi connectivity index (χ3v) is 4.63. The van der Waals surface area contributed by atoms with Crippen molar-refractivity contribution < 1.29 is 17.9 Å². The second kappa shape index (κ2) is 9.35. The van der Waals surface area contributed by atoms with Crippen LogP contribution >= 0.6 is 11.3 Å². The minimum atomic E-state index is -4.41. The van der Waals surface area contributed by atoms with Gasteiger partial charge in [0.25, 0.3) is 0 Å². The summed E-state index contributed by atoms with van der Waals surface area (Å²) in [6.45, 7) is 8.81. The van der Waals surface area contributed by atoms with Crippen molar-refractivity contribution in [3.8, 4) is 0 Å². The molecule has 6 nitrogen and oxygen atoms in total. The van der Waals surface area contributed by atoms with Gasteiger partial charge in [0.1, 0.15) is 5.01 Å². The fourth-order valence-electron chi connectivity index (χ4n) is 2.39. The van der Waals surface area contributed by atoms with Crippen molar-refractivity contribution in [3.63, 3.8) is 0 Å². The van der Waals surface area contributed by atoms with Gasteiger partial charge in [-0.1, -0.05) is 0 Å². The lowest BCUT2D eigenvalue weighted by Gasteiger charge is -2.32. The van der Waals surface area contributed by atoms with Gasteiger partial charge in [-0.3, -0.25) is 4.90 Å². The molecule has 0 radical (unpaired) electrons. The van der Waals surface area contributed by atoms with Crippen molar-refractivity contribution in [2.45, 2.75) is 32.6 Å². The van der Waals surface area contributed by atoms with Crippen LogP contribution in [0.5, 0.6) is 0 Å². The maximum atomic E-state index is 12.6. The van der Waals surface area contributed by atoms with Crippen molar-refractivity contribution in [3.05, 3.63) is 16.1 Å². The van der Waals surface area contributed by atoms with Crippen LogP contribution in [-0.2, 0) is 17.5 Å². The molecule has 1 unspecified atom stereocenters. The minimum Gasteiger partial charge on any atom is -0.379 e. The highest BCUT2D eigenvalue weighted by Crippen LogP contribution is 2.30. The predicted molar refractivity (Wildman–Crippen MR) is 91.8 cm³/mol. The Hall–Kier alpha value is -1.39. The number of aromatic nitrogens is 1. The summed E-state index contributed by atoms with van der Waals surface area (Å²) in [6, 6.07) is 0.310. The molecule has 1 aromatic rings. The number of alkyl halides is 3. The van der Waals surface area contributed by atoms with E-state index in [1.165, 1.54) is 0 Å². The van der Waals surface area contributed by atoms with E-state index >= 15 is 0 Å². The normalized spacial score (nSPS) is 18.2. The molecule has 0 aromatic carbocycles. The van der Waals surface area contributed by atoms with Crippen LogP contribution in [0.4, 0.5) is 13.2 Å². The highest BCUT2D eigenvalue weighted by atomic mass is 32.1. The number of morpholine rings is 1. The molecular formula is C15H24F3N5OS. The first-order valence-electron chi connectivity index (χ1n) is 8.25. The van der Waals surface area contributed by atoms with Crippen LogP contribution < -0.4 is 10.6 Å². The smallest absolute Gasteiger partial charge is 0.379 e. The molecule has 10 heteroatoms. The van der Waals surface area contributed by atoms with Gasteiger partial charge in [-0.15, -0.1) is 11.3 Å². The Bertz CT molecular complexity index is 558. The first kappa shape index (κ1) is 19.9. The van der Waals surface area contributed by atoms with Crippen molar-refractivity contribution in [2.24, 2.45) is 4.99 Å². The van der Waals surface area contributed by atoms with E-state index in [0.29, 0.717) is 30.1 Å². The first-order valence-corrected chi connectivity index (χ1v) is 9.13. The van der Waals surface area contributed by atoms with Crippen LogP contribution in [0.25, 0.3) is 0 Å². The Labute approximate surface area is 149 Å². The van der Waals surface area contributed by atoms with Crippen molar-refractivity contribution in [2.75, 3.05) is 39.4 Å². The summed E-state index contributed by atoms with van der Waals surface area (Å²) in [6.07, 6.45) is -4.41. The lowest BCUT2D eigenvalue weighted by Crippen LogP contribution is -2.49. The van der Waals surface area contributed by atoms with Crippen LogP contribution in [0.15, 0.2) is 10.4 Å². The molecule has 2 N–H and O–H groups in total. The number of ether oxygens (including phenoxy) is 1. The molecule has 2 heterocycles. The molecule has 1 aliphatic rings. The zero-order chi connectivity index (χ0) is 18.3. The number of thiazole rings is 1. The van der Waals surface area contributed by atoms with E-state index in [4.69, 9.17) is 4.74 Å². The number of rotatable bonds is 6. The third-order valence-electron chi connectivity index (χ3n) is 3.79. The summed E-state index contributed by atoms with van der Waals surface area (Å²) >= 11 is 0.968. The Morgan fingerprint density at radius 2 is 2.12 bits per heavy atom. The van der Waals surface area contributed by atoms with E-state index in [9.17, 15) is 13.2 Å². The number of halogens is 3. The largest absolute Gasteiger partial charge is 0.434 e. The van der Waals surface area contributed by atoms with Gasteiger partial charge in [0.15, 0.2) is 11.7 Å². The topological polar surface area (TPSA) is 61.8 Å². The molecule has 0 amide bonds. The average Bonchev–Trinajstić information content (AvgIpc) is 3.07. The van der Waals surface area contributed by atoms with Gasteiger partial charge < -0.3 is 15.4 Å². The molecule has 1 saturated heterocycles. The number of guanidine groups is 1. The molecule has 1 aromatic heterocycles. The van der Waals surface area contributed by atoms with Crippen LogP contribution in [0.3, 0.4) is 0 Å². The second-order valence-electron chi connectivity index (χ2n) is 5.70. The quantitative estimate of drug-likeness (QED) is 0.584. The second-order valence-corrected chi connectivity index (χ2v) is 6.64. The van der Waals surface area contributed by atoms with E-state index in [0.717, 1.165) is 43.0 Å². The molecule has 1 aliphatic heterocycles. The summed E-state index contributed by atoms with van der Waals surface area (Å²) < 4.78 is 43.1. The van der Waals surface area contributed by atoms with Crippen LogP contribution in [0.1, 0.15) is 24.5 Å². The van der Waals surface area contributed by atoms with Gasteiger partial charge in [0, 0.05) is 37.6 Å². The summed E-state index contributed by atoms with van der Waals surface area (Å²) in [5.41, 5.74) is -0.860. The summed E-state index contributed by atoms with van der Waals surface area (Å²) in [5.74, 6) is 0.575. The predicted octanol–water partition coefficient (Wildman–Crippen LogP) is 1.94. The number of aliphatic imine (C=N–C) groups is 1. The van der Waals surface area contributed by atoms with Gasteiger partial charge in [0.2, 0.25) is 0 Å². The maximum Gasteiger partial charge on any atom is 0.434 e. The van der Waals surface area contributed by atoms with Gasteiger partial charge in [-0.05, 0) is 13.8 Å². The van der Waals surface area contributed by atoms with Gasteiger partial charge in [-0.2, -0.15) is 13.2 Å². The molecular weight excluding hydrogens is 355 g/mol. The molecule has 2 rings (SSSR count). The fourth-order valence-corrected chi connectivity index (χ4v) is 3.12. The van der Waals surface area contributed by atoms with Crippen LogP contribution in [0, 0.1) is 0 Å². The van der Waals surface area contributed by atoms with Crippen molar-refractivity contribution in [1.82, 2.24) is 20.5 Å². The van der Waals surface area contributed by atoms with Gasteiger partial charge in [0.05, 0.1) is 19.8 Å². The molecule has 0 bridgehead atoms. The summed E-state index contributed by atoms with van der Waals surface area (Å²) in [5, 5.41) is 7.69. The van der Waals surface area contributed by atoms with Crippen LogP contribution in [-0.4, -0.2) is 61.3 Å². The van der Waals surface area contributed by atoms with Gasteiger partial charge in [-0.25, -0.2) is 9.98 Å². The number of hydrogen-bond donors (Lipinski definition) is 2. The fraction of sp³-hybridized carbons (Fsp3) is 0.733. The van der Waals surface area contributed by atoms with E-state index in [-0.39, 0.29) is 6.54 Å². The highest BCUT2D eigenvalue weighted by Gasteiger charge is 2.33. The van der Waals surface area contributed by atoms with E-state index in [2.05, 4.69) is 32.4 Å². The van der Waals surface area contributed by atoms with E-state index in [1.54, 1.807) is 0 Å². The number of nitrogens with one attached hydrogen (secondary N) is 2. The van der Waals surface area contributed by atoms with Gasteiger partial charge >= 0.3 is 6.18 Å². The first-order chi connectivity index (χ1) is 11.9. The standard InChI is InChI=1S/C15H24F3N5OS/c1-3-19-14(20-8-11(2)23-4-6-24-7-5-23)21-9-13-22-12(10-25-13)15(16,17)18/h10-11H,3-9H2,1-2H3,(H2,19,20,21). The molecule has 0 saturated carbocycles. The number of nitrogens with zero attached hydrogens (tertiary/aromatic N) is 3. The van der Waals surface area contributed by atoms with Crippen molar-refractivity contribution >= 4 is 17.3 Å². The molecule has 0 spiro atoms. The van der Waals surface area contributed by atoms with E-state index in [1.807, 2.05) is 6.92 Å². The Morgan fingerprint density at radius 3 is 2.72 bits per heavy atom. The monoisotopic (exact) mass is 379 g/mol. The molecule has 1 fully saturated rings. The van der Waals surface area contributed by atoms with E-state index < -0.39 is 11.9 Å². The molecule has 25 heavy (non-hydrogen) atoms. The average molecular weight is 379 g/mol. The zero-order valence-electron chi connectivity index (χ0n) is 14.4. The summed E-state index contributed by atoms with van der Waals surface area (Å²) in [4.78, 5) is 10.2. The van der Waals surface area contributed by atoms with Crippen LogP contribution in [0.2, 0.25) is 0 Å². The highest BCUT2D eigenvalue weighted by molar-refractivity contribution is 7.09. The summed E-state index contributed by atoms with van der Waals surface area (Å²) in [7, 11) is 0. The lowest BCUT2D eigenvalue weighted by molar-refractivity contribution is -0.140. The maximum absolute atomic E-state index is 12.6. The Balaban J connectivity index is 1.88. The SMILES string of the molecule is CCNC(=NCc1nc(C(F)(F)F)cs1)NCC(C)N1CCOCC1. The zero-order valence-corrected chi connectivity index (χ0v) is 15.2. The molecule has 142 valence electrons. The number of hydrogen-bond acceptors (Lipinski definition) is 5. The Morgan fingerprint density at radius 1 is 1.40 bits per heavy atom. The molecule has 0 aliphatic carbocycles. The minimum absolute atomic E-state index is 0.113. The molecule has 1 atom stereocenters. The Kier molecular flexibility index (Phi) is 7.45. The van der Waals surface area contributed by atoms with Crippen molar-refractivity contribution in [1.29, 1.82) is 0 Å². The lowest BCUT2D eigenvalue weighted by atomic mass is 10.2.